The van der Waals surface area contributed by atoms with Crippen molar-refractivity contribution in [3.63, 3.8) is 0 Å². The summed E-state index contributed by atoms with van der Waals surface area (Å²) >= 11 is 0. The van der Waals surface area contributed by atoms with E-state index in [0.29, 0.717) is 12.0 Å². The van der Waals surface area contributed by atoms with Crippen LogP contribution in [0.5, 0.6) is 0 Å². The second-order valence-corrected chi connectivity index (χ2v) is 3.04. The average molecular weight is 239 g/mol. The Morgan fingerprint density at radius 1 is 1.29 bits per heavy atom. The summed E-state index contributed by atoms with van der Waals surface area (Å²) in [5.41, 5.74) is 1.47. The number of hydrogen-bond donors (Lipinski definition) is 2. The van der Waals surface area contributed by atoms with Gasteiger partial charge in [0.2, 0.25) is 0 Å². The van der Waals surface area contributed by atoms with E-state index in [0.717, 1.165) is 5.69 Å². The van der Waals surface area contributed by atoms with Crippen molar-refractivity contribution in [2.45, 2.75) is 20.3 Å². The van der Waals surface area contributed by atoms with Crippen molar-refractivity contribution in [2.75, 3.05) is 25.6 Å². The zero-order valence-electron chi connectivity index (χ0n) is 10.7. The van der Waals surface area contributed by atoms with Crippen molar-refractivity contribution in [2.24, 2.45) is 0 Å². The predicted octanol–water partition coefficient (Wildman–Crippen LogP) is 2.29. The Labute approximate surface area is 103 Å². The molecule has 0 amide bonds. The summed E-state index contributed by atoms with van der Waals surface area (Å²) in [4.78, 5) is 11.4. The molecule has 0 aliphatic rings. The molecule has 0 heterocycles. The zero-order chi connectivity index (χ0) is 13.1. The van der Waals surface area contributed by atoms with E-state index in [-0.39, 0.29) is 19.2 Å². The molecular weight excluding hydrogens is 218 g/mol. The number of aliphatic hydroxyl groups excluding tert-OH is 1. The van der Waals surface area contributed by atoms with Gasteiger partial charge in [-0.05, 0) is 24.3 Å². The summed E-state index contributed by atoms with van der Waals surface area (Å²) in [5, 5.41) is 11.5. The van der Waals surface area contributed by atoms with Gasteiger partial charge in [-0.15, -0.1) is 0 Å². The lowest BCUT2D eigenvalue weighted by molar-refractivity contribution is 0.0482. The molecule has 1 aromatic rings. The van der Waals surface area contributed by atoms with Gasteiger partial charge >= 0.3 is 5.97 Å². The highest BCUT2D eigenvalue weighted by atomic mass is 16.5. The molecule has 4 heteroatoms. The van der Waals surface area contributed by atoms with Crippen molar-refractivity contribution in [3.05, 3.63) is 29.8 Å². The van der Waals surface area contributed by atoms with E-state index in [1.54, 1.807) is 12.1 Å². The van der Waals surface area contributed by atoms with E-state index in [1.807, 2.05) is 33.0 Å². The van der Waals surface area contributed by atoms with Crippen molar-refractivity contribution >= 4 is 11.7 Å². The van der Waals surface area contributed by atoms with Crippen LogP contribution in [0.15, 0.2) is 24.3 Å². The Hall–Kier alpha value is -1.55. The fourth-order valence-corrected chi connectivity index (χ4v) is 1.09. The van der Waals surface area contributed by atoms with Crippen molar-refractivity contribution < 1.29 is 14.6 Å². The van der Waals surface area contributed by atoms with Crippen LogP contribution in [-0.2, 0) is 4.74 Å². The number of aliphatic hydroxyl groups is 1. The molecular formula is C13H21NO3. The van der Waals surface area contributed by atoms with Crippen molar-refractivity contribution in [3.8, 4) is 0 Å². The third-order valence-corrected chi connectivity index (χ3v) is 1.94. The predicted molar refractivity (Wildman–Crippen MR) is 69.3 cm³/mol. The lowest BCUT2D eigenvalue weighted by atomic mass is 10.2. The maximum Gasteiger partial charge on any atom is 0.338 e. The largest absolute Gasteiger partial charge is 0.462 e. The molecule has 2 N–H and O–H groups in total. The number of rotatable bonds is 5. The van der Waals surface area contributed by atoms with Crippen LogP contribution in [0.4, 0.5) is 5.69 Å². The Bertz CT molecular complexity index is 309. The molecule has 96 valence electrons. The first kappa shape index (κ1) is 15.4. The molecule has 1 rings (SSSR count). The summed E-state index contributed by atoms with van der Waals surface area (Å²) < 4.78 is 4.92. The van der Waals surface area contributed by atoms with Gasteiger partial charge in [0.15, 0.2) is 0 Å². The lowest BCUT2D eigenvalue weighted by Gasteiger charge is -2.04. The Kier molecular flexibility index (Phi) is 8.78. The smallest absolute Gasteiger partial charge is 0.338 e. The molecule has 0 atom stereocenters. The quantitative estimate of drug-likeness (QED) is 0.611. The first-order valence-electron chi connectivity index (χ1n) is 5.83. The van der Waals surface area contributed by atoms with Crippen LogP contribution in [0.3, 0.4) is 0 Å². The van der Waals surface area contributed by atoms with Gasteiger partial charge in [0, 0.05) is 25.8 Å². The van der Waals surface area contributed by atoms with Crippen LogP contribution >= 0.6 is 0 Å². The van der Waals surface area contributed by atoms with Crippen molar-refractivity contribution in [1.29, 1.82) is 0 Å². The first-order chi connectivity index (χ1) is 8.27. The molecule has 0 saturated heterocycles. The molecule has 0 aromatic heterocycles. The molecule has 0 unspecified atom stereocenters. The molecule has 0 fully saturated rings. The maximum atomic E-state index is 11.4. The second-order valence-electron chi connectivity index (χ2n) is 3.04. The second kappa shape index (κ2) is 9.66. The van der Waals surface area contributed by atoms with E-state index >= 15 is 0 Å². The third kappa shape index (κ3) is 5.92. The summed E-state index contributed by atoms with van der Waals surface area (Å²) in [6.45, 7) is 4.29. The highest BCUT2D eigenvalue weighted by molar-refractivity contribution is 5.89. The molecule has 0 bridgehead atoms. The Morgan fingerprint density at radius 2 is 1.88 bits per heavy atom. The van der Waals surface area contributed by atoms with Crippen LogP contribution in [0, 0.1) is 0 Å². The van der Waals surface area contributed by atoms with E-state index in [4.69, 9.17) is 9.84 Å². The molecule has 0 radical (unpaired) electrons. The molecule has 17 heavy (non-hydrogen) atoms. The summed E-state index contributed by atoms with van der Waals surface area (Å²) in [6, 6.07) is 7.02. The molecule has 1 aromatic carbocycles. The minimum absolute atomic E-state index is 0.0337. The fraction of sp³-hybridized carbons (Fsp3) is 0.462. The number of carbonyl (C=O) groups is 1. The van der Waals surface area contributed by atoms with Gasteiger partial charge in [0.1, 0.15) is 0 Å². The number of benzene rings is 1. The van der Waals surface area contributed by atoms with Gasteiger partial charge in [-0.25, -0.2) is 4.79 Å². The Balaban J connectivity index is 0.00000121. The molecule has 0 aliphatic heterocycles. The van der Waals surface area contributed by atoms with Crippen LogP contribution in [-0.4, -0.2) is 31.3 Å². The van der Waals surface area contributed by atoms with Crippen LogP contribution < -0.4 is 5.32 Å². The minimum atomic E-state index is -0.355. The van der Waals surface area contributed by atoms with Gasteiger partial charge in [-0.3, -0.25) is 0 Å². The molecule has 0 aliphatic carbocycles. The summed E-state index contributed by atoms with van der Waals surface area (Å²) in [6.07, 6.45) is 0.473. The van der Waals surface area contributed by atoms with E-state index in [2.05, 4.69) is 5.32 Å². The minimum Gasteiger partial charge on any atom is -0.462 e. The van der Waals surface area contributed by atoms with E-state index in [1.165, 1.54) is 0 Å². The van der Waals surface area contributed by atoms with Crippen LogP contribution in [0.25, 0.3) is 0 Å². The van der Waals surface area contributed by atoms with Crippen LogP contribution in [0.1, 0.15) is 30.6 Å². The monoisotopic (exact) mass is 239 g/mol. The number of nitrogens with one attached hydrogen (secondary N) is 1. The summed E-state index contributed by atoms with van der Waals surface area (Å²) in [5.74, 6) is -0.355. The number of anilines is 1. The van der Waals surface area contributed by atoms with Gasteiger partial charge in [-0.2, -0.15) is 0 Å². The Morgan fingerprint density at radius 3 is 2.35 bits per heavy atom. The SMILES string of the molecule is CC.CNc1ccc(C(=O)OCCCO)cc1. The zero-order valence-corrected chi connectivity index (χ0v) is 10.7. The number of carbonyl (C=O) groups excluding carboxylic acids is 1. The van der Waals surface area contributed by atoms with Crippen LogP contribution in [0.2, 0.25) is 0 Å². The normalized spacial score (nSPS) is 8.94. The van der Waals surface area contributed by atoms with Gasteiger partial charge in [0.25, 0.3) is 0 Å². The number of ether oxygens (including phenoxy) is 1. The average Bonchev–Trinajstić information content (AvgIpc) is 2.41. The first-order valence-corrected chi connectivity index (χ1v) is 5.83. The summed E-state index contributed by atoms with van der Waals surface area (Å²) in [7, 11) is 1.81. The topological polar surface area (TPSA) is 58.6 Å². The highest BCUT2D eigenvalue weighted by Crippen LogP contribution is 2.09. The standard InChI is InChI=1S/C11H15NO3.C2H6/c1-12-10-5-3-9(4-6-10)11(14)15-8-2-7-13;1-2/h3-6,12-13H,2,7-8H2,1H3;1-2H3. The van der Waals surface area contributed by atoms with Gasteiger partial charge in [0.05, 0.1) is 12.2 Å². The molecule has 0 spiro atoms. The third-order valence-electron chi connectivity index (χ3n) is 1.94. The van der Waals surface area contributed by atoms with E-state index in [9.17, 15) is 4.79 Å². The van der Waals surface area contributed by atoms with Crippen molar-refractivity contribution in [1.82, 2.24) is 0 Å². The molecule has 0 saturated carbocycles. The molecule has 4 nitrogen and oxygen atoms in total. The maximum absolute atomic E-state index is 11.4. The van der Waals surface area contributed by atoms with E-state index < -0.39 is 0 Å². The number of esters is 1. The fourth-order valence-electron chi connectivity index (χ4n) is 1.09. The van der Waals surface area contributed by atoms with Gasteiger partial charge < -0.3 is 15.2 Å². The highest BCUT2D eigenvalue weighted by Gasteiger charge is 2.05. The number of hydrogen-bond acceptors (Lipinski definition) is 4. The lowest BCUT2D eigenvalue weighted by Crippen LogP contribution is -2.07. The van der Waals surface area contributed by atoms with Gasteiger partial charge in [-0.1, -0.05) is 13.8 Å².